The monoisotopic (exact) mass is 254 g/mol. The van der Waals surface area contributed by atoms with Gasteiger partial charge in [-0.3, -0.25) is 19.7 Å². The van der Waals surface area contributed by atoms with Gasteiger partial charge in [0, 0.05) is 17.7 Å². The summed E-state index contributed by atoms with van der Waals surface area (Å²) in [5.74, 6) is -1.90. The highest BCUT2D eigenvalue weighted by Gasteiger charge is 2.17. The van der Waals surface area contributed by atoms with Crippen molar-refractivity contribution in [3.63, 3.8) is 0 Å². The second-order valence-electron chi connectivity index (χ2n) is 3.22. The third-order valence-electron chi connectivity index (χ3n) is 2.04. The minimum absolute atomic E-state index is 0.0667. The molecule has 0 aliphatic rings. The minimum atomic E-state index is -1.18. The average Bonchev–Trinajstić information content (AvgIpc) is 2.34. The molecule has 1 aromatic rings. The Morgan fingerprint density at radius 3 is 2.67 bits per heavy atom. The highest BCUT2D eigenvalue weighted by molar-refractivity contribution is 5.96. The zero-order valence-electron chi connectivity index (χ0n) is 9.37. The van der Waals surface area contributed by atoms with Crippen LogP contribution in [-0.2, 0) is 4.79 Å². The van der Waals surface area contributed by atoms with Crippen molar-refractivity contribution in [2.24, 2.45) is 0 Å². The zero-order chi connectivity index (χ0) is 13.7. The molecule has 0 aromatic heterocycles. The molecule has 0 aliphatic heterocycles. The molecule has 0 aliphatic carbocycles. The topological polar surface area (TPSA) is 119 Å². The molecule has 0 saturated carbocycles. The fourth-order valence-electron chi connectivity index (χ4n) is 1.23. The molecule has 0 saturated heterocycles. The van der Waals surface area contributed by atoms with Gasteiger partial charge in [0.1, 0.15) is 6.54 Å². The van der Waals surface area contributed by atoms with Gasteiger partial charge in [0.15, 0.2) is 5.75 Å². The predicted octanol–water partition coefficient (Wildman–Crippen LogP) is 0.418. The van der Waals surface area contributed by atoms with Crippen LogP contribution in [0.3, 0.4) is 0 Å². The number of carbonyl (C=O) groups excluding carboxylic acids is 1. The van der Waals surface area contributed by atoms with Crippen molar-refractivity contribution in [1.29, 1.82) is 0 Å². The van der Waals surface area contributed by atoms with Crippen molar-refractivity contribution in [3.05, 3.63) is 33.9 Å². The number of nitrogens with zero attached hydrogens (tertiary/aromatic N) is 1. The van der Waals surface area contributed by atoms with Crippen LogP contribution in [0.25, 0.3) is 0 Å². The maximum atomic E-state index is 11.5. The third kappa shape index (κ3) is 3.17. The van der Waals surface area contributed by atoms with Crippen LogP contribution in [0.4, 0.5) is 5.69 Å². The number of hydrogen-bond acceptors (Lipinski definition) is 5. The number of nitro groups is 1. The van der Waals surface area contributed by atoms with Crippen molar-refractivity contribution < 1.29 is 24.4 Å². The van der Waals surface area contributed by atoms with Crippen LogP contribution in [0.15, 0.2) is 18.2 Å². The van der Waals surface area contributed by atoms with E-state index in [-0.39, 0.29) is 17.0 Å². The number of carbonyl (C=O) groups is 2. The highest BCUT2D eigenvalue weighted by atomic mass is 16.6. The zero-order valence-corrected chi connectivity index (χ0v) is 9.37. The van der Waals surface area contributed by atoms with Crippen LogP contribution in [0.2, 0.25) is 0 Å². The lowest BCUT2D eigenvalue weighted by atomic mass is 10.2. The van der Waals surface area contributed by atoms with Crippen LogP contribution in [0, 0.1) is 10.1 Å². The fourth-order valence-corrected chi connectivity index (χ4v) is 1.23. The lowest BCUT2D eigenvalue weighted by molar-refractivity contribution is -0.385. The van der Waals surface area contributed by atoms with Crippen molar-refractivity contribution in [2.75, 3.05) is 13.7 Å². The summed E-state index contributed by atoms with van der Waals surface area (Å²) < 4.78 is 4.79. The summed E-state index contributed by atoms with van der Waals surface area (Å²) in [4.78, 5) is 31.8. The van der Waals surface area contributed by atoms with Crippen LogP contribution < -0.4 is 10.1 Å². The number of ether oxygens (including phenoxy) is 1. The summed E-state index contributed by atoms with van der Waals surface area (Å²) in [6, 6.07) is 3.52. The molecule has 8 heteroatoms. The number of rotatable bonds is 5. The number of benzene rings is 1. The number of carboxylic acids is 1. The van der Waals surface area contributed by atoms with E-state index in [1.165, 1.54) is 19.2 Å². The molecule has 2 N–H and O–H groups in total. The van der Waals surface area contributed by atoms with Crippen molar-refractivity contribution in [2.45, 2.75) is 0 Å². The largest absolute Gasteiger partial charge is 0.490 e. The van der Waals surface area contributed by atoms with Gasteiger partial charge in [0.2, 0.25) is 0 Å². The Labute approximate surface area is 101 Å². The third-order valence-corrected chi connectivity index (χ3v) is 2.04. The Bertz CT molecular complexity index is 499. The normalized spacial score (nSPS) is 9.61. The lowest BCUT2D eigenvalue weighted by Gasteiger charge is -2.05. The van der Waals surface area contributed by atoms with Crippen molar-refractivity contribution in [3.8, 4) is 5.75 Å². The summed E-state index contributed by atoms with van der Waals surface area (Å²) in [5.41, 5.74) is -0.189. The molecular weight excluding hydrogens is 244 g/mol. The van der Waals surface area contributed by atoms with E-state index in [4.69, 9.17) is 9.84 Å². The first-order chi connectivity index (χ1) is 8.45. The Kier molecular flexibility index (Phi) is 4.19. The summed E-state index contributed by atoms with van der Waals surface area (Å²) in [6.07, 6.45) is 0. The summed E-state index contributed by atoms with van der Waals surface area (Å²) in [7, 11) is 1.24. The van der Waals surface area contributed by atoms with Crippen LogP contribution in [0.1, 0.15) is 10.4 Å². The van der Waals surface area contributed by atoms with E-state index in [0.717, 1.165) is 6.07 Å². The number of nitro benzene ring substituents is 1. The molecule has 8 nitrogen and oxygen atoms in total. The summed E-state index contributed by atoms with van der Waals surface area (Å²) in [5, 5.41) is 21.2. The second kappa shape index (κ2) is 5.62. The van der Waals surface area contributed by atoms with E-state index in [0.29, 0.717) is 0 Å². The SMILES string of the molecule is COc1cc(C(=O)NCC(=O)O)ccc1[N+](=O)[O-]. The number of nitrogens with one attached hydrogen (secondary N) is 1. The van der Waals surface area contributed by atoms with Gasteiger partial charge in [0.25, 0.3) is 5.91 Å². The van der Waals surface area contributed by atoms with E-state index in [1.807, 2.05) is 0 Å². The molecule has 0 fully saturated rings. The number of amides is 1. The summed E-state index contributed by atoms with van der Waals surface area (Å²) in [6.45, 7) is -0.530. The molecular formula is C10H10N2O6. The maximum Gasteiger partial charge on any atom is 0.322 e. The first kappa shape index (κ1) is 13.4. The number of carboxylic acid groups (broad SMARTS) is 1. The van der Waals surface area contributed by atoms with E-state index < -0.39 is 23.3 Å². The van der Waals surface area contributed by atoms with Gasteiger partial charge in [0.05, 0.1) is 12.0 Å². The van der Waals surface area contributed by atoms with Crippen molar-refractivity contribution >= 4 is 17.6 Å². The maximum absolute atomic E-state index is 11.5. The summed E-state index contributed by atoms with van der Waals surface area (Å²) >= 11 is 0. The number of aliphatic carboxylic acids is 1. The van der Waals surface area contributed by atoms with Gasteiger partial charge < -0.3 is 15.2 Å². The molecule has 0 bridgehead atoms. The standard InChI is InChI=1S/C10H10N2O6/c1-18-8-4-6(2-3-7(8)12(16)17)10(15)11-5-9(13)14/h2-4H,5H2,1H3,(H,11,15)(H,13,14). The van der Waals surface area contributed by atoms with Gasteiger partial charge in [-0.15, -0.1) is 0 Å². The molecule has 18 heavy (non-hydrogen) atoms. The van der Waals surface area contributed by atoms with Gasteiger partial charge in [-0.1, -0.05) is 0 Å². The minimum Gasteiger partial charge on any atom is -0.490 e. The molecule has 1 rings (SSSR count). The molecule has 0 radical (unpaired) electrons. The predicted molar refractivity (Wildman–Crippen MR) is 59.6 cm³/mol. The van der Waals surface area contributed by atoms with Crippen molar-refractivity contribution in [1.82, 2.24) is 5.32 Å². The van der Waals surface area contributed by atoms with Gasteiger partial charge >= 0.3 is 11.7 Å². The second-order valence-corrected chi connectivity index (χ2v) is 3.22. The molecule has 0 atom stereocenters. The molecule has 0 spiro atoms. The highest BCUT2D eigenvalue weighted by Crippen LogP contribution is 2.27. The Balaban J connectivity index is 2.94. The number of methoxy groups -OCH3 is 1. The molecule has 1 aromatic carbocycles. The van der Waals surface area contributed by atoms with E-state index in [9.17, 15) is 19.7 Å². The van der Waals surface area contributed by atoms with E-state index in [2.05, 4.69) is 5.32 Å². The first-order valence-corrected chi connectivity index (χ1v) is 4.78. The van der Waals surface area contributed by atoms with Gasteiger partial charge in [-0.2, -0.15) is 0 Å². The quantitative estimate of drug-likeness (QED) is 0.580. The van der Waals surface area contributed by atoms with Gasteiger partial charge in [-0.25, -0.2) is 0 Å². The molecule has 0 heterocycles. The lowest BCUT2D eigenvalue weighted by Crippen LogP contribution is -2.29. The van der Waals surface area contributed by atoms with Crippen LogP contribution in [0.5, 0.6) is 5.75 Å². The first-order valence-electron chi connectivity index (χ1n) is 4.78. The molecule has 0 unspecified atom stereocenters. The van der Waals surface area contributed by atoms with Crippen LogP contribution >= 0.6 is 0 Å². The van der Waals surface area contributed by atoms with Crippen LogP contribution in [-0.4, -0.2) is 35.6 Å². The Morgan fingerprint density at radius 2 is 2.17 bits per heavy atom. The smallest absolute Gasteiger partial charge is 0.322 e. The van der Waals surface area contributed by atoms with E-state index >= 15 is 0 Å². The average molecular weight is 254 g/mol. The van der Waals surface area contributed by atoms with E-state index in [1.54, 1.807) is 0 Å². The van der Waals surface area contributed by atoms with Gasteiger partial charge in [-0.05, 0) is 6.07 Å². The molecule has 1 amide bonds. The molecule has 96 valence electrons. The number of hydrogen-bond donors (Lipinski definition) is 2. The fraction of sp³-hybridized carbons (Fsp3) is 0.200. The Hall–Kier alpha value is -2.64. The Morgan fingerprint density at radius 1 is 1.50 bits per heavy atom.